The predicted molar refractivity (Wildman–Crippen MR) is 44.4 cm³/mol. The first-order valence-corrected chi connectivity index (χ1v) is 3.58. The van der Waals surface area contributed by atoms with Gasteiger partial charge in [-0.2, -0.15) is 18.2 Å². The summed E-state index contributed by atoms with van der Waals surface area (Å²) in [7, 11) is 1.45. The van der Waals surface area contributed by atoms with Crippen LogP contribution in [0.3, 0.4) is 0 Å². The quantitative estimate of drug-likeness (QED) is 0.494. The molecule has 8 heteroatoms. The first kappa shape index (κ1) is 10.5. The Hall–Kier alpha value is -1.57. The van der Waals surface area contributed by atoms with Crippen molar-refractivity contribution < 1.29 is 13.2 Å². The molecule has 0 spiro atoms. The molecule has 0 aliphatic rings. The van der Waals surface area contributed by atoms with Crippen LogP contribution in [0.5, 0.6) is 0 Å². The van der Waals surface area contributed by atoms with Crippen molar-refractivity contribution in [3.8, 4) is 0 Å². The number of halogens is 3. The summed E-state index contributed by atoms with van der Waals surface area (Å²) >= 11 is 0. The molecule has 0 aromatic carbocycles. The monoisotopic (exact) mass is 207 g/mol. The van der Waals surface area contributed by atoms with Crippen LogP contribution < -0.4 is 16.6 Å². The minimum absolute atomic E-state index is 0.0419. The number of hydrogen-bond acceptors (Lipinski definition) is 5. The Morgan fingerprint density at radius 1 is 1.36 bits per heavy atom. The maximum Gasteiger partial charge on any atom is 0.433 e. The van der Waals surface area contributed by atoms with Crippen LogP contribution in [0.2, 0.25) is 0 Å². The molecule has 0 aliphatic heterocycles. The molecule has 78 valence electrons. The van der Waals surface area contributed by atoms with E-state index in [9.17, 15) is 13.2 Å². The summed E-state index contributed by atoms with van der Waals surface area (Å²) in [6.07, 6.45) is -4.51. The van der Waals surface area contributed by atoms with Crippen molar-refractivity contribution in [2.75, 3.05) is 17.8 Å². The molecule has 0 saturated heterocycles. The Labute approximate surface area is 77.5 Å². The fourth-order valence-electron chi connectivity index (χ4n) is 0.785. The number of anilines is 2. The molecule has 0 radical (unpaired) electrons. The maximum atomic E-state index is 12.2. The van der Waals surface area contributed by atoms with Crippen molar-refractivity contribution in [1.82, 2.24) is 9.97 Å². The Bertz CT molecular complexity index is 301. The molecular weight excluding hydrogens is 199 g/mol. The van der Waals surface area contributed by atoms with Gasteiger partial charge in [-0.3, -0.25) is 5.43 Å². The van der Waals surface area contributed by atoms with Crippen LogP contribution in [-0.2, 0) is 6.18 Å². The van der Waals surface area contributed by atoms with E-state index < -0.39 is 11.9 Å². The number of nitrogens with zero attached hydrogens (tertiary/aromatic N) is 2. The zero-order valence-corrected chi connectivity index (χ0v) is 7.18. The zero-order valence-electron chi connectivity index (χ0n) is 7.18. The van der Waals surface area contributed by atoms with Crippen LogP contribution in [-0.4, -0.2) is 17.0 Å². The highest BCUT2D eigenvalue weighted by Crippen LogP contribution is 2.29. The van der Waals surface area contributed by atoms with E-state index in [2.05, 4.69) is 15.3 Å². The average Bonchev–Trinajstić information content (AvgIpc) is 2.15. The number of nitrogens with one attached hydrogen (secondary N) is 2. The molecule has 0 saturated carbocycles. The molecule has 1 aromatic heterocycles. The minimum atomic E-state index is -4.51. The number of nitrogens with two attached hydrogens (primary N) is 1. The van der Waals surface area contributed by atoms with Gasteiger partial charge in [0.15, 0.2) is 5.69 Å². The lowest BCUT2D eigenvalue weighted by molar-refractivity contribution is -0.141. The smallest absolute Gasteiger partial charge is 0.373 e. The number of hydrazine groups is 1. The number of nitrogen functional groups attached to an aromatic ring is 1. The molecule has 0 unspecified atom stereocenters. The van der Waals surface area contributed by atoms with Gasteiger partial charge < -0.3 is 5.32 Å². The number of alkyl halides is 3. The van der Waals surface area contributed by atoms with E-state index in [0.717, 1.165) is 6.07 Å². The lowest BCUT2D eigenvalue weighted by atomic mass is 10.4. The summed E-state index contributed by atoms with van der Waals surface area (Å²) in [5.74, 6) is 4.67. The minimum Gasteiger partial charge on any atom is -0.373 e. The molecule has 1 rings (SSSR count). The number of rotatable bonds is 2. The molecular formula is C6H8F3N5. The van der Waals surface area contributed by atoms with Crippen molar-refractivity contribution in [2.45, 2.75) is 6.18 Å². The Morgan fingerprint density at radius 3 is 2.43 bits per heavy atom. The molecule has 14 heavy (non-hydrogen) atoms. The summed E-state index contributed by atoms with van der Waals surface area (Å²) in [6, 6.07) is 0.792. The number of hydrogen-bond donors (Lipinski definition) is 3. The van der Waals surface area contributed by atoms with Crippen LogP contribution in [0.15, 0.2) is 6.07 Å². The van der Waals surface area contributed by atoms with Crippen molar-refractivity contribution in [3.63, 3.8) is 0 Å². The SMILES string of the molecule is CNc1cc(C(F)(F)F)nc(NN)n1. The van der Waals surface area contributed by atoms with Crippen LogP contribution in [0.1, 0.15) is 5.69 Å². The molecule has 5 nitrogen and oxygen atoms in total. The maximum absolute atomic E-state index is 12.2. The Morgan fingerprint density at radius 2 is 2.00 bits per heavy atom. The molecule has 0 amide bonds. The predicted octanol–water partition coefficient (Wildman–Crippen LogP) is 0.823. The Kier molecular flexibility index (Phi) is 2.75. The molecule has 0 bridgehead atoms. The fraction of sp³-hybridized carbons (Fsp3) is 0.333. The summed E-state index contributed by atoms with van der Waals surface area (Å²) < 4.78 is 36.7. The summed E-state index contributed by atoms with van der Waals surface area (Å²) in [5, 5.41) is 2.47. The van der Waals surface area contributed by atoms with E-state index in [1.165, 1.54) is 7.05 Å². The van der Waals surface area contributed by atoms with Crippen LogP contribution in [0, 0.1) is 0 Å². The van der Waals surface area contributed by atoms with E-state index >= 15 is 0 Å². The lowest BCUT2D eigenvalue weighted by Crippen LogP contribution is -2.16. The summed E-state index contributed by atoms with van der Waals surface area (Å²) in [4.78, 5) is 6.78. The zero-order chi connectivity index (χ0) is 10.8. The Balaban J connectivity index is 3.17. The molecule has 1 aromatic rings. The van der Waals surface area contributed by atoms with Crippen LogP contribution in [0.4, 0.5) is 24.9 Å². The first-order valence-electron chi connectivity index (χ1n) is 3.58. The molecule has 0 atom stereocenters. The van der Waals surface area contributed by atoms with Crippen molar-refractivity contribution >= 4 is 11.8 Å². The third-order valence-electron chi connectivity index (χ3n) is 1.40. The molecule has 0 aliphatic carbocycles. The van der Waals surface area contributed by atoms with Gasteiger partial charge in [-0.05, 0) is 0 Å². The van der Waals surface area contributed by atoms with Crippen molar-refractivity contribution in [3.05, 3.63) is 11.8 Å². The van der Waals surface area contributed by atoms with Gasteiger partial charge in [0.2, 0.25) is 5.95 Å². The normalized spacial score (nSPS) is 11.2. The van der Waals surface area contributed by atoms with E-state index in [0.29, 0.717) is 0 Å². The standard InChI is InChI=1S/C6H8F3N5/c1-11-4-2-3(6(7,8)9)12-5(13-4)14-10/h2H,10H2,1H3,(H2,11,12,13,14). The average molecular weight is 207 g/mol. The second kappa shape index (κ2) is 3.66. The van der Waals surface area contributed by atoms with Crippen molar-refractivity contribution in [1.29, 1.82) is 0 Å². The molecule has 4 N–H and O–H groups in total. The highest BCUT2D eigenvalue weighted by atomic mass is 19.4. The van der Waals surface area contributed by atoms with Gasteiger partial charge in [-0.15, -0.1) is 0 Å². The van der Waals surface area contributed by atoms with Gasteiger partial charge in [-0.1, -0.05) is 0 Å². The summed E-state index contributed by atoms with van der Waals surface area (Å²) in [5.41, 5.74) is 0.901. The van der Waals surface area contributed by atoms with Gasteiger partial charge >= 0.3 is 6.18 Å². The van der Waals surface area contributed by atoms with Gasteiger partial charge in [0.25, 0.3) is 0 Å². The fourth-order valence-corrected chi connectivity index (χ4v) is 0.785. The van der Waals surface area contributed by atoms with E-state index in [4.69, 9.17) is 5.84 Å². The van der Waals surface area contributed by atoms with Crippen molar-refractivity contribution in [2.24, 2.45) is 5.84 Å². The van der Waals surface area contributed by atoms with Gasteiger partial charge in [0.05, 0.1) is 0 Å². The molecule has 0 fully saturated rings. The van der Waals surface area contributed by atoms with E-state index in [1.54, 1.807) is 0 Å². The highest BCUT2D eigenvalue weighted by Gasteiger charge is 2.33. The largest absolute Gasteiger partial charge is 0.433 e. The second-order valence-electron chi connectivity index (χ2n) is 2.35. The van der Waals surface area contributed by atoms with Gasteiger partial charge in [0, 0.05) is 13.1 Å². The highest BCUT2D eigenvalue weighted by molar-refractivity contribution is 5.41. The van der Waals surface area contributed by atoms with Crippen LogP contribution >= 0.6 is 0 Å². The summed E-state index contributed by atoms with van der Waals surface area (Å²) in [6.45, 7) is 0. The van der Waals surface area contributed by atoms with E-state index in [1.807, 2.05) is 5.43 Å². The first-order chi connectivity index (χ1) is 6.47. The van der Waals surface area contributed by atoms with E-state index in [-0.39, 0.29) is 11.8 Å². The topological polar surface area (TPSA) is 75.9 Å². The third kappa shape index (κ3) is 2.22. The molecule has 1 heterocycles. The second-order valence-corrected chi connectivity index (χ2v) is 2.35. The third-order valence-corrected chi connectivity index (χ3v) is 1.40. The lowest BCUT2D eigenvalue weighted by Gasteiger charge is -2.09. The van der Waals surface area contributed by atoms with Crippen LogP contribution in [0.25, 0.3) is 0 Å². The number of aromatic nitrogens is 2. The van der Waals surface area contributed by atoms with Gasteiger partial charge in [0.1, 0.15) is 5.82 Å². The van der Waals surface area contributed by atoms with Gasteiger partial charge in [-0.25, -0.2) is 10.8 Å².